The van der Waals surface area contributed by atoms with Crippen molar-refractivity contribution in [2.75, 3.05) is 0 Å². The maximum Gasteiger partial charge on any atom is 0.311 e. The number of esters is 1. The third kappa shape index (κ3) is 3.07. The predicted molar refractivity (Wildman–Crippen MR) is 78.6 cm³/mol. The van der Waals surface area contributed by atoms with Gasteiger partial charge in [-0.1, -0.05) is 12.1 Å². The second-order valence-electron chi connectivity index (χ2n) is 6.04. The maximum absolute atomic E-state index is 12.0. The number of aryl methyl sites for hydroxylation is 1. The van der Waals surface area contributed by atoms with Crippen LogP contribution in [0.4, 0.5) is 0 Å². The van der Waals surface area contributed by atoms with E-state index in [1.165, 1.54) is 0 Å². The Hall–Kier alpha value is -2.10. The molecule has 1 aromatic heterocycles. The van der Waals surface area contributed by atoms with Crippen LogP contribution in [0.15, 0.2) is 29.1 Å². The number of hydrogen-bond acceptors (Lipinski definition) is 3. The zero-order valence-electron chi connectivity index (χ0n) is 12.2. The topological polar surface area (TPSA) is 59.2 Å². The van der Waals surface area contributed by atoms with Crippen molar-refractivity contribution in [1.29, 1.82) is 0 Å². The van der Waals surface area contributed by atoms with Crippen molar-refractivity contribution in [1.82, 2.24) is 4.98 Å². The van der Waals surface area contributed by atoms with E-state index < -0.39 is 5.41 Å². The highest BCUT2D eigenvalue weighted by molar-refractivity contribution is 5.79. The van der Waals surface area contributed by atoms with Crippen LogP contribution >= 0.6 is 0 Å². The molecule has 0 atom stereocenters. The fourth-order valence-electron chi connectivity index (χ4n) is 1.83. The molecular formula is C16H19NO3. The molecule has 20 heavy (non-hydrogen) atoms. The summed E-state index contributed by atoms with van der Waals surface area (Å²) in [6.07, 6.45) is 0. The number of carbonyl (C=O) groups excluding carboxylic acids is 1. The SMILES string of the molecule is Cc1ccc2cc(COC(=O)C(C)(C)C)c(=O)[nH]c2c1. The molecule has 1 N–H and O–H groups in total. The van der Waals surface area contributed by atoms with Crippen molar-refractivity contribution in [2.45, 2.75) is 34.3 Å². The van der Waals surface area contributed by atoms with Crippen LogP contribution in [0.1, 0.15) is 31.9 Å². The number of hydrogen-bond donors (Lipinski definition) is 1. The zero-order chi connectivity index (χ0) is 14.9. The third-order valence-corrected chi connectivity index (χ3v) is 3.05. The average Bonchev–Trinajstić information content (AvgIpc) is 2.34. The van der Waals surface area contributed by atoms with E-state index in [1.807, 2.05) is 25.1 Å². The minimum atomic E-state index is -0.569. The number of benzene rings is 1. The van der Waals surface area contributed by atoms with Crippen LogP contribution in [0.3, 0.4) is 0 Å². The van der Waals surface area contributed by atoms with Crippen LogP contribution in [0.25, 0.3) is 10.9 Å². The molecule has 0 unspecified atom stereocenters. The summed E-state index contributed by atoms with van der Waals surface area (Å²) >= 11 is 0. The Labute approximate surface area is 117 Å². The van der Waals surface area contributed by atoms with E-state index in [2.05, 4.69) is 4.98 Å². The van der Waals surface area contributed by atoms with E-state index in [4.69, 9.17) is 4.74 Å². The first-order chi connectivity index (χ1) is 9.27. The molecule has 2 aromatic rings. The van der Waals surface area contributed by atoms with Gasteiger partial charge in [-0.2, -0.15) is 0 Å². The average molecular weight is 273 g/mol. The Morgan fingerprint density at radius 3 is 2.60 bits per heavy atom. The highest BCUT2D eigenvalue weighted by Gasteiger charge is 2.23. The lowest BCUT2D eigenvalue weighted by Crippen LogP contribution is -2.24. The number of carbonyl (C=O) groups is 1. The Kier molecular flexibility index (Phi) is 3.66. The van der Waals surface area contributed by atoms with Crippen LogP contribution in [-0.4, -0.2) is 11.0 Å². The minimum Gasteiger partial charge on any atom is -0.460 e. The summed E-state index contributed by atoms with van der Waals surface area (Å²) in [6.45, 7) is 7.31. The van der Waals surface area contributed by atoms with Crippen molar-refractivity contribution in [3.05, 3.63) is 45.7 Å². The van der Waals surface area contributed by atoms with Gasteiger partial charge < -0.3 is 9.72 Å². The highest BCUT2D eigenvalue weighted by atomic mass is 16.5. The van der Waals surface area contributed by atoms with Gasteiger partial charge in [-0.3, -0.25) is 9.59 Å². The van der Waals surface area contributed by atoms with Gasteiger partial charge in [0.05, 0.1) is 11.0 Å². The molecular weight excluding hydrogens is 254 g/mol. The molecule has 0 radical (unpaired) electrons. The second kappa shape index (κ2) is 5.12. The van der Waals surface area contributed by atoms with Gasteiger partial charge in [0.2, 0.25) is 0 Å². The molecule has 4 heteroatoms. The molecule has 4 nitrogen and oxygen atoms in total. The Balaban J connectivity index is 2.27. The summed E-state index contributed by atoms with van der Waals surface area (Å²) in [5.41, 5.74) is 1.55. The predicted octanol–water partition coefficient (Wildman–Crippen LogP) is 2.93. The monoisotopic (exact) mass is 273 g/mol. The van der Waals surface area contributed by atoms with E-state index in [0.29, 0.717) is 5.56 Å². The van der Waals surface area contributed by atoms with E-state index in [0.717, 1.165) is 16.5 Å². The van der Waals surface area contributed by atoms with Crippen molar-refractivity contribution in [2.24, 2.45) is 5.41 Å². The zero-order valence-corrected chi connectivity index (χ0v) is 12.2. The molecule has 0 spiro atoms. The largest absolute Gasteiger partial charge is 0.460 e. The Morgan fingerprint density at radius 2 is 1.95 bits per heavy atom. The molecule has 0 aliphatic heterocycles. The summed E-state index contributed by atoms with van der Waals surface area (Å²) in [4.78, 5) is 26.5. The van der Waals surface area contributed by atoms with E-state index >= 15 is 0 Å². The van der Waals surface area contributed by atoms with Crippen LogP contribution in [0, 0.1) is 12.3 Å². The molecule has 0 aliphatic carbocycles. The fraction of sp³-hybridized carbons (Fsp3) is 0.375. The van der Waals surface area contributed by atoms with Gasteiger partial charge in [-0.15, -0.1) is 0 Å². The van der Waals surface area contributed by atoms with E-state index in [-0.39, 0.29) is 18.1 Å². The molecule has 1 aromatic carbocycles. The Bertz CT molecular complexity index is 708. The quantitative estimate of drug-likeness (QED) is 0.856. The van der Waals surface area contributed by atoms with Gasteiger partial charge in [-0.25, -0.2) is 0 Å². The number of pyridine rings is 1. The number of rotatable bonds is 2. The number of ether oxygens (including phenoxy) is 1. The lowest BCUT2D eigenvalue weighted by atomic mass is 9.97. The molecule has 0 aliphatic rings. The van der Waals surface area contributed by atoms with E-state index in [9.17, 15) is 9.59 Å². The first kappa shape index (κ1) is 14.3. The summed E-state index contributed by atoms with van der Waals surface area (Å²) in [5.74, 6) is -0.319. The number of nitrogens with one attached hydrogen (secondary N) is 1. The first-order valence-electron chi connectivity index (χ1n) is 6.57. The summed E-state index contributed by atoms with van der Waals surface area (Å²) in [5, 5.41) is 0.928. The number of H-pyrrole nitrogens is 1. The Morgan fingerprint density at radius 1 is 1.25 bits per heavy atom. The number of aromatic amines is 1. The molecule has 0 amide bonds. The van der Waals surface area contributed by atoms with E-state index in [1.54, 1.807) is 26.8 Å². The lowest BCUT2D eigenvalue weighted by Gasteiger charge is -2.16. The smallest absolute Gasteiger partial charge is 0.311 e. The highest BCUT2D eigenvalue weighted by Crippen LogP contribution is 2.17. The molecule has 1 heterocycles. The van der Waals surface area contributed by atoms with Crippen molar-refractivity contribution < 1.29 is 9.53 Å². The fourth-order valence-corrected chi connectivity index (χ4v) is 1.83. The molecule has 106 valence electrons. The standard InChI is InChI=1S/C16H19NO3/c1-10-5-6-11-8-12(14(18)17-13(11)7-10)9-20-15(19)16(2,3)4/h5-8H,9H2,1-4H3,(H,17,18). The van der Waals surface area contributed by atoms with Crippen molar-refractivity contribution in [3.63, 3.8) is 0 Å². The van der Waals surface area contributed by atoms with Gasteiger partial charge in [0, 0.05) is 5.52 Å². The van der Waals surface area contributed by atoms with Crippen LogP contribution in [-0.2, 0) is 16.1 Å². The van der Waals surface area contributed by atoms with Crippen molar-refractivity contribution in [3.8, 4) is 0 Å². The molecule has 0 bridgehead atoms. The van der Waals surface area contributed by atoms with Gasteiger partial charge in [0.25, 0.3) is 5.56 Å². The maximum atomic E-state index is 12.0. The summed E-state index contributed by atoms with van der Waals surface area (Å²) in [7, 11) is 0. The van der Waals surface area contributed by atoms with Crippen LogP contribution in [0.5, 0.6) is 0 Å². The van der Waals surface area contributed by atoms with Crippen LogP contribution < -0.4 is 5.56 Å². The first-order valence-corrected chi connectivity index (χ1v) is 6.57. The van der Waals surface area contributed by atoms with Gasteiger partial charge >= 0.3 is 5.97 Å². The molecule has 0 fully saturated rings. The summed E-state index contributed by atoms with van der Waals surface area (Å²) < 4.78 is 5.19. The van der Waals surface area contributed by atoms with Gasteiger partial charge in [-0.05, 0) is 50.8 Å². The normalized spacial score (nSPS) is 11.6. The van der Waals surface area contributed by atoms with Crippen molar-refractivity contribution >= 4 is 16.9 Å². The molecule has 2 rings (SSSR count). The third-order valence-electron chi connectivity index (χ3n) is 3.05. The lowest BCUT2D eigenvalue weighted by molar-refractivity contribution is -0.154. The van der Waals surface area contributed by atoms with Crippen LogP contribution in [0.2, 0.25) is 0 Å². The second-order valence-corrected chi connectivity index (χ2v) is 6.04. The molecule has 0 saturated heterocycles. The minimum absolute atomic E-state index is 0.00471. The number of aromatic nitrogens is 1. The number of fused-ring (bicyclic) bond motifs is 1. The summed E-state index contributed by atoms with van der Waals surface area (Å²) in [6, 6.07) is 7.60. The molecule has 0 saturated carbocycles. The van der Waals surface area contributed by atoms with Gasteiger partial charge in [0.1, 0.15) is 6.61 Å². The van der Waals surface area contributed by atoms with Gasteiger partial charge in [0.15, 0.2) is 0 Å².